The SMILES string of the molecule is CC(c1ccccc1)n1c(=O)c(C(=O)NCc2ccc(F)cc2)nn(-c2ccccc2)c1=O. The summed E-state index contributed by atoms with van der Waals surface area (Å²) in [6.07, 6.45) is 0. The first-order valence-corrected chi connectivity index (χ1v) is 10.3. The Balaban J connectivity index is 1.79. The summed E-state index contributed by atoms with van der Waals surface area (Å²) in [5.74, 6) is -1.12. The highest BCUT2D eigenvalue weighted by molar-refractivity contribution is 5.91. The second kappa shape index (κ2) is 9.44. The minimum atomic E-state index is -0.792. The van der Waals surface area contributed by atoms with Gasteiger partial charge in [-0.15, -0.1) is 0 Å². The maximum absolute atomic E-state index is 13.3. The molecular formula is C25H21FN4O3. The molecule has 0 aliphatic carbocycles. The highest BCUT2D eigenvalue weighted by Crippen LogP contribution is 2.14. The maximum atomic E-state index is 13.3. The fourth-order valence-corrected chi connectivity index (χ4v) is 3.46. The van der Waals surface area contributed by atoms with E-state index < -0.39 is 28.9 Å². The summed E-state index contributed by atoms with van der Waals surface area (Å²) in [7, 11) is 0. The number of carbonyl (C=O) groups is 1. The van der Waals surface area contributed by atoms with Gasteiger partial charge in [0, 0.05) is 6.54 Å². The number of para-hydroxylation sites is 1. The van der Waals surface area contributed by atoms with Crippen molar-refractivity contribution >= 4 is 5.91 Å². The highest BCUT2D eigenvalue weighted by atomic mass is 19.1. The fraction of sp³-hybridized carbons (Fsp3) is 0.120. The number of hydrogen-bond acceptors (Lipinski definition) is 4. The molecular weight excluding hydrogens is 423 g/mol. The van der Waals surface area contributed by atoms with Crippen LogP contribution in [0.4, 0.5) is 4.39 Å². The summed E-state index contributed by atoms with van der Waals surface area (Å²) in [6.45, 7) is 1.78. The van der Waals surface area contributed by atoms with Gasteiger partial charge in [0.1, 0.15) is 5.82 Å². The van der Waals surface area contributed by atoms with Gasteiger partial charge in [-0.25, -0.2) is 13.8 Å². The van der Waals surface area contributed by atoms with E-state index in [2.05, 4.69) is 10.4 Å². The zero-order valence-corrected chi connectivity index (χ0v) is 17.8. The number of carbonyl (C=O) groups excluding carboxylic acids is 1. The van der Waals surface area contributed by atoms with Gasteiger partial charge in [-0.05, 0) is 42.3 Å². The maximum Gasteiger partial charge on any atom is 0.352 e. The Hall–Kier alpha value is -4.33. The molecule has 4 rings (SSSR count). The molecule has 4 aromatic rings. The summed E-state index contributed by atoms with van der Waals surface area (Å²) in [4.78, 5) is 39.5. The number of nitrogens with one attached hydrogen (secondary N) is 1. The van der Waals surface area contributed by atoms with Crippen molar-refractivity contribution in [2.45, 2.75) is 19.5 Å². The van der Waals surface area contributed by atoms with E-state index in [1.54, 1.807) is 49.4 Å². The van der Waals surface area contributed by atoms with Crippen LogP contribution in [0.25, 0.3) is 5.69 Å². The van der Waals surface area contributed by atoms with Crippen LogP contribution < -0.4 is 16.6 Å². The predicted octanol–water partition coefficient (Wildman–Crippen LogP) is 3.07. The summed E-state index contributed by atoms with van der Waals surface area (Å²) in [6, 6.07) is 22.6. The van der Waals surface area contributed by atoms with Gasteiger partial charge in [0.25, 0.3) is 11.5 Å². The van der Waals surface area contributed by atoms with Gasteiger partial charge in [-0.3, -0.25) is 9.59 Å². The summed E-state index contributed by atoms with van der Waals surface area (Å²) in [5.41, 5.74) is -0.0514. The molecule has 166 valence electrons. The van der Waals surface area contributed by atoms with Gasteiger partial charge >= 0.3 is 5.69 Å². The Kier molecular flexibility index (Phi) is 6.26. The number of hydrogen-bond donors (Lipinski definition) is 1. The van der Waals surface area contributed by atoms with E-state index in [1.807, 2.05) is 18.2 Å². The third-order valence-corrected chi connectivity index (χ3v) is 5.26. The molecule has 0 radical (unpaired) electrons. The van der Waals surface area contributed by atoms with Crippen LogP contribution in [0.15, 0.2) is 94.5 Å². The van der Waals surface area contributed by atoms with Crippen molar-refractivity contribution in [3.05, 3.63) is 128 Å². The normalized spacial score (nSPS) is 11.7. The first-order chi connectivity index (χ1) is 16.0. The minimum Gasteiger partial charge on any atom is -0.346 e. The summed E-state index contributed by atoms with van der Waals surface area (Å²) in [5, 5.41) is 6.73. The van der Waals surface area contributed by atoms with Crippen molar-refractivity contribution in [3.8, 4) is 5.69 Å². The van der Waals surface area contributed by atoms with Crippen molar-refractivity contribution in [1.29, 1.82) is 0 Å². The topological polar surface area (TPSA) is 86.0 Å². The number of halogens is 1. The number of aromatic nitrogens is 3. The van der Waals surface area contributed by atoms with Crippen molar-refractivity contribution in [1.82, 2.24) is 19.7 Å². The second-order valence-electron chi connectivity index (χ2n) is 7.45. The molecule has 7 nitrogen and oxygen atoms in total. The molecule has 1 aromatic heterocycles. The lowest BCUT2D eigenvalue weighted by molar-refractivity contribution is 0.0941. The Labute approximate surface area is 188 Å². The zero-order valence-electron chi connectivity index (χ0n) is 17.8. The molecule has 1 unspecified atom stereocenters. The molecule has 0 saturated carbocycles. The standard InChI is InChI=1S/C25H21FN4O3/c1-17(19-8-4-2-5-9-19)29-24(32)22(23(31)27-16-18-12-14-20(26)15-13-18)28-30(25(29)33)21-10-6-3-7-11-21/h2-15,17H,16H2,1H3,(H,27,31). The smallest absolute Gasteiger partial charge is 0.346 e. The van der Waals surface area contributed by atoms with Gasteiger partial charge in [0.05, 0.1) is 11.7 Å². The van der Waals surface area contributed by atoms with E-state index in [9.17, 15) is 18.8 Å². The number of nitrogens with zero attached hydrogens (tertiary/aromatic N) is 3. The van der Waals surface area contributed by atoms with E-state index in [-0.39, 0.29) is 12.4 Å². The summed E-state index contributed by atoms with van der Waals surface area (Å²) < 4.78 is 15.2. The summed E-state index contributed by atoms with van der Waals surface area (Å²) >= 11 is 0. The lowest BCUT2D eigenvalue weighted by Crippen LogP contribution is -2.47. The third-order valence-electron chi connectivity index (χ3n) is 5.26. The fourth-order valence-electron chi connectivity index (χ4n) is 3.46. The molecule has 0 fully saturated rings. The third kappa shape index (κ3) is 4.64. The van der Waals surface area contributed by atoms with Crippen molar-refractivity contribution < 1.29 is 9.18 Å². The molecule has 0 spiro atoms. The molecule has 1 atom stereocenters. The van der Waals surface area contributed by atoms with Gasteiger partial charge in [0.2, 0.25) is 5.69 Å². The second-order valence-corrected chi connectivity index (χ2v) is 7.45. The quantitative estimate of drug-likeness (QED) is 0.495. The lowest BCUT2D eigenvalue weighted by Gasteiger charge is -2.17. The first-order valence-electron chi connectivity index (χ1n) is 10.3. The van der Waals surface area contributed by atoms with Crippen LogP contribution in [0.5, 0.6) is 0 Å². The Bertz CT molecular complexity index is 1380. The van der Waals surface area contributed by atoms with Gasteiger partial charge in [-0.1, -0.05) is 60.7 Å². The molecule has 8 heteroatoms. The highest BCUT2D eigenvalue weighted by Gasteiger charge is 2.23. The molecule has 1 amide bonds. The molecule has 1 heterocycles. The van der Waals surface area contributed by atoms with E-state index in [0.717, 1.165) is 14.8 Å². The minimum absolute atomic E-state index is 0.0684. The Morgan fingerprint density at radius 2 is 1.55 bits per heavy atom. The molecule has 0 bridgehead atoms. The van der Waals surface area contributed by atoms with Crippen LogP contribution in [0, 0.1) is 5.82 Å². The largest absolute Gasteiger partial charge is 0.352 e. The first kappa shape index (κ1) is 21.9. The van der Waals surface area contributed by atoms with E-state index in [4.69, 9.17) is 0 Å². The van der Waals surface area contributed by atoms with Crippen LogP contribution in [0.3, 0.4) is 0 Å². The van der Waals surface area contributed by atoms with Crippen LogP contribution in [-0.4, -0.2) is 20.3 Å². The van der Waals surface area contributed by atoms with Crippen molar-refractivity contribution in [3.63, 3.8) is 0 Å². The van der Waals surface area contributed by atoms with Gasteiger partial charge in [0.15, 0.2) is 0 Å². The monoisotopic (exact) mass is 444 g/mol. The number of benzene rings is 3. The van der Waals surface area contributed by atoms with Crippen LogP contribution in [0.1, 0.15) is 34.6 Å². The van der Waals surface area contributed by atoms with E-state index in [0.29, 0.717) is 11.3 Å². The van der Waals surface area contributed by atoms with Crippen LogP contribution in [0.2, 0.25) is 0 Å². The van der Waals surface area contributed by atoms with Gasteiger partial charge in [-0.2, -0.15) is 9.78 Å². The lowest BCUT2D eigenvalue weighted by atomic mass is 10.1. The number of amides is 1. The van der Waals surface area contributed by atoms with Crippen LogP contribution in [-0.2, 0) is 6.54 Å². The average Bonchev–Trinajstić information content (AvgIpc) is 2.84. The predicted molar refractivity (Wildman–Crippen MR) is 122 cm³/mol. The molecule has 0 saturated heterocycles. The number of rotatable bonds is 6. The molecule has 1 N–H and O–H groups in total. The van der Waals surface area contributed by atoms with Crippen molar-refractivity contribution in [2.24, 2.45) is 0 Å². The van der Waals surface area contributed by atoms with Crippen molar-refractivity contribution in [2.75, 3.05) is 0 Å². The van der Waals surface area contributed by atoms with Crippen LogP contribution >= 0.6 is 0 Å². The van der Waals surface area contributed by atoms with E-state index in [1.165, 1.54) is 24.3 Å². The Morgan fingerprint density at radius 3 is 2.18 bits per heavy atom. The molecule has 3 aromatic carbocycles. The average molecular weight is 444 g/mol. The van der Waals surface area contributed by atoms with Gasteiger partial charge < -0.3 is 5.32 Å². The molecule has 0 aliphatic heterocycles. The zero-order chi connectivity index (χ0) is 23.4. The molecule has 33 heavy (non-hydrogen) atoms. The van der Waals surface area contributed by atoms with E-state index >= 15 is 0 Å². The molecule has 0 aliphatic rings. The Morgan fingerprint density at radius 1 is 0.939 bits per heavy atom.